The summed E-state index contributed by atoms with van der Waals surface area (Å²) >= 11 is 0. The van der Waals surface area contributed by atoms with Gasteiger partial charge >= 0.3 is 12.1 Å². The number of hydrogen-bond donors (Lipinski definition) is 1. The van der Waals surface area contributed by atoms with Gasteiger partial charge in [-0.1, -0.05) is 0 Å². The van der Waals surface area contributed by atoms with Crippen molar-refractivity contribution < 1.29 is 33.3 Å². The third kappa shape index (κ3) is 6.38. The maximum absolute atomic E-state index is 12.4. The van der Waals surface area contributed by atoms with Crippen LogP contribution in [-0.4, -0.2) is 58.6 Å². The minimum atomic E-state index is -1.03. The normalized spacial score (nSPS) is 17.6. The molecule has 0 aliphatic carbocycles. The molecule has 1 aromatic heterocycles. The van der Waals surface area contributed by atoms with Crippen LogP contribution in [0.2, 0.25) is 0 Å². The van der Waals surface area contributed by atoms with Crippen molar-refractivity contribution in [2.45, 2.75) is 71.3 Å². The Bertz CT molecular complexity index is 1040. The van der Waals surface area contributed by atoms with Gasteiger partial charge < -0.3 is 19.1 Å². The number of carbonyl (C=O) groups excluding carboxylic acids is 2. The molecule has 2 heterocycles. The van der Waals surface area contributed by atoms with Crippen molar-refractivity contribution in [3.05, 3.63) is 24.4 Å². The first kappa shape index (κ1) is 25.8. The number of nitrogens with two attached hydrogens (primary N) is 1. The summed E-state index contributed by atoms with van der Waals surface area (Å²) in [6, 6.07) is 5.82. The molecule has 34 heavy (non-hydrogen) atoms. The van der Waals surface area contributed by atoms with E-state index in [0.29, 0.717) is 18.8 Å². The summed E-state index contributed by atoms with van der Waals surface area (Å²) in [4.78, 5) is 31.2. The van der Waals surface area contributed by atoms with Gasteiger partial charge in [0.15, 0.2) is 0 Å². The summed E-state index contributed by atoms with van der Waals surface area (Å²) in [6.07, 6.45) is 1.55. The molecular weight excluding hydrogens is 440 g/mol. The lowest BCUT2D eigenvalue weighted by Gasteiger charge is -2.23. The summed E-state index contributed by atoms with van der Waals surface area (Å²) in [5, 5.41) is 0.971. The van der Waals surface area contributed by atoms with Crippen LogP contribution in [0.1, 0.15) is 54.0 Å². The smallest absolute Gasteiger partial charge is 0.410 e. The van der Waals surface area contributed by atoms with E-state index in [1.807, 2.05) is 52.2 Å². The number of carbonyl (C=O) groups is 2. The molecule has 2 aromatic rings. The van der Waals surface area contributed by atoms with Gasteiger partial charge in [-0.2, -0.15) is 4.68 Å². The Labute approximate surface area is 200 Å². The predicted octanol–water partition coefficient (Wildman–Crippen LogP) is 2.63. The molecule has 2 unspecified atom stereocenters. The van der Waals surface area contributed by atoms with Gasteiger partial charge in [-0.15, -0.1) is 4.68 Å². The van der Waals surface area contributed by atoms with Gasteiger partial charge in [0, 0.05) is 13.0 Å². The average Bonchev–Trinajstić information content (AvgIpc) is 3.31. The van der Waals surface area contributed by atoms with E-state index in [0.717, 1.165) is 17.3 Å². The lowest BCUT2D eigenvalue weighted by Crippen LogP contribution is -2.47. The molecule has 1 fully saturated rings. The van der Waals surface area contributed by atoms with Crippen LogP contribution in [-0.2, 0) is 26.2 Å². The van der Waals surface area contributed by atoms with Crippen LogP contribution in [0, 0.1) is 0 Å². The first-order valence-corrected chi connectivity index (χ1v) is 11.5. The Kier molecular flexibility index (Phi) is 7.42. The second-order valence-corrected chi connectivity index (χ2v) is 10.6. The highest BCUT2D eigenvalue weighted by atomic mass is 16.7. The number of benzene rings is 1. The molecule has 1 aliphatic rings. The molecule has 1 aromatic carbocycles. The Hall–Kier alpha value is -2.85. The van der Waals surface area contributed by atoms with Crippen molar-refractivity contribution in [2.24, 2.45) is 12.9 Å². The summed E-state index contributed by atoms with van der Waals surface area (Å²) in [6.45, 7) is 12.1. The number of esters is 1. The van der Waals surface area contributed by atoms with Crippen molar-refractivity contribution in [1.82, 2.24) is 9.58 Å². The molecule has 2 N–H and O–H groups in total. The van der Waals surface area contributed by atoms with Gasteiger partial charge in [0.05, 0.1) is 19.0 Å². The van der Waals surface area contributed by atoms with Crippen LogP contribution >= 0.6 is 0 Å². The van der Waals surface area contributed by atoms with E-state index in [4.69, 9.17) is 24.9 Å². The van der Waals surface area contributed by atoms with Crippen LogP contribution < -0.4 is 15.3 Å². The highest BCUT2D eigenvalue weighted by Gasteiger charge is 2.36. The van der Waals surface area contributed by atoms with E-state index in [1.54, 1.807) is 25.7 Å². The van der Waals surface area contributed by atoms with Crippen LogP contribution in [0.25, 0.3) is 10.9 Å². The van der Waals surface area contributed by atoms with Gasteiger partial charge in [-0.3, -0.25) is 4.84 Å². The number of aromatic nitrogens is 2. The number of amides is 1. The van der Waals surface area contributed by atoms with E-state index in [-0.39, 0.29) is 18.7 Å². The van der Waals surface area contributed by atoms with Crippen LogP contribution in [0.4, 0.5) is 4.79 Å². The van der Waals surface area contributed by atoms with E-state index in [2.05, 4.69) is 9.36 Å². The maximum Gasteiger partial charge on any atom is 0.410 e. The lowest BCUT2D eigenvalue weighted by molar-refractivity contribution is -0.790. The third-order valence-electron chi connectivity index (χ3n) is 5.39. The van der Waals surface area contributed by atoms with Crippen LogP contribution in [0.15, 0.2) is 24.4 Å². The molecule has 1 saturated heterocycles. The fraction of sp³-hybridized carbons (Fsp3) is 0.625. The topological polar surface area (TPSA) is 109 Å². The van der Waals surface area contributed by atoms with Gasteiger partial charge in [0.2, 0.25) is 18.3 Å². The van der Waals surface area contributed by atoms with Crippen molar-refractivity contribution >= 4 is 23.0 Å². The lowest BCUT2D eigenvalue weighted by atomic mass is 10.2. The SMILES string of the molecule is Cn1c2ccc(OCC(ON)C(=O)OC(C)(C)C)cc2c[n+]1C1CCN(C(=O)OC(C)(C)C)C1. The summed E-state index contributed by atoms with van der Waals surface area (Å²) in [5.74, 6) is 5.28. The molecule has 3 rings (SSSR count). The van der Waals surface area contributed by atoms with Crippen molar-refractivity contribution in [3.8, 4) is 5.75 Å². The second kappa shape index (κ2) is 9.79. The number of likely N-dealkylation sites (tertiary alicyclic amines) is 1. The Morgan fingerprint density at radius 2 is 1.82 bits per heavy atom. The van der Waals surface area contributed by atoms with Gasteiger partial charge in [0.1, 0.15) is 29.1 Å². The van der Waals surface area contributed by atoms with E-state index < -0.39 is 23.3 Å². The van der Waals surface area contributed by atoms with E-state index in [9.17, 15) is 9.59 Å². The van der Waals surface area contributed by atoms with E-state index in [1.165, 1.54) is 0 Å². The first-order chi connectivity index (χ1) is 15.8. The molecule has 1 aliphatic heterocycles. The molecule has 0 radical (unpaired) electrons. The summed E-state index contributed by atoms with van der Waals surface area (Å²) < 4.78 is 20.8. The van der Waals surface area contributed by atoms with E-state index >= 15 is 0 Å². The monoisotopic (exact) mass is 477 g/mol. The Morgan fingerprint density at radius 3 is 2.44 bits per heavy atom. The fourth-order valence-corrected chi connectivity index (χ4v) is 3.88. The number of fused-ring (bicyclic) bond motifs is 1. The predicted molar refractivity (Wildman–Crippen MR) is 125 cm³/mol. The molecule has 188 valence electrons. The standard InChI is InChI=1S/C24H37N4O6/c1-23(2,3)32-21(29)20(34-25)15-31-18-8-9-19-16(12-18)13-28(26(19)7)17-10-11-27(14-17)22(30)33-24(4,5)6/h8-9,12-13,17,20H,10-11,14-15,25H2,1-7H3/q+1. The number of hydrogen-bond acceptors (Lipinski definition) is 7. The minimum Gasteiger partial charge on any atom is -0.490 e. The van der Waals surface area contributed by atoms with Crippen molar-refractivity contribution in [3.63, 3.8) is 0 Å². The molecule has 0 bridgehead atoms. The Balaban J connectivity index is 1.68. The van der Waals surface area contributed by atoms with Crippen molar-refractivity contribution in [1.29, 1.82) is 0 Å². The third-order valence-corrected chi connectivity index (χ3v) is 5.39. The highest BCUT2D eigenvalue weighted by Crippen LogP contribution is 2.24. The number of aryl methyl sites for hydroxylation is 1. The zero-order valence-corrected chi connectivity index (χ0v) is 21.2. The molecule has 10 heteroatoms. The van der Waals surface area contributed by atoms with Gasteiger partial charge in [-0.25, -0.2) is 15.5 Å². The number of rotatable bonds is 6. The van der Waals surface area contributed by atoms with Gasteiger partial charge in [-0.05, 0) is 59.7 Å². The number of nitrogens with zero attached hydrogens (tertiary/aromatic N) is 3. The zero-order valence-electron chi connectivity index (χ0n) is 21.2. The Morgan fingerprint density at radius 1 is 1.15 bits per heavy atom. The average molecular weight is 478 g/mol. The molecule has 10 nitrogen and oxygen atoms in total. The minimum absolute atomic E-state index is 0.0722. The summed E-state index contributed by atoms with van der Waals surface area (Å²) in [7, 11) is 1.99. The largest absolute Gasteiger partial charge is 0.490 e. The first-order valence-electron chi connectivity index (χ1n) is 11.5. The zero-order chi connectivity index (χ0) is 25.3. The highest BCUT2D eigenvalue weighted by molar-refractivity contribution is 5.79. The molecule has 0 spiro atoms. The van der Waals surface area contributed by atoms with Gasteiger partial charge in [0.25, 0.3) is 0 Å². The second-order valence-electron chi connectivity index (χ2n) is 10.6. The summed E-state index contributed by atoms with van der Waals surface area (Å²) in [5.41, 5.74) is -0.152. The fourth-order valence-electron chi connectivity index (χ4n) is 3.88. The van der Waals surface area contributed by atoms with Crippen LogP contribution in [0.5, 0.6) is 5.75 Å². The molecule has 2 atom stereocenters. The quantitative estimate of drug-likeness (QED) is 0.387. The maximum atomic E-state index is 12.4. The van der Waals surface area contributed by atoms with Crippen molar-refractivity contribution in [2.75, 3.05) is 19.7 Å². The molecular formula is C24H37N4O6+. The van der Waals surface area contributed by atoms with Crippen LogP contribution in [0.3, 0.4) is 0 Å². The molecule has 1 amide bonds. The molecule has 0 saturated carbocycles. The number of ether oxygens (including phenoxy) is 3.